The minimum absolute atomic E-state index is 0.180. The number of benzene rings is 2. The first-order chi connectivity index (χ1) is 17.4. The third-order valence-electron chi connectivity index (χ3n) is 6.30. The van der Waals surface area contributed by atoms with Crippen molar-refractivity contribution in [2.45, 2.75) is 31.8 Å². The summed E-state index contributed by atoms with van der Waals surface area (Å²) < 4.78 is 7.18. The van der Waals surface area contributed by atoms with Crippen LogP contribution in [0.4, 0.5) is 10.6 Å². The van der Waals surface area contributed by atoms with Gasteiger partial charge in [0, 0.05) is 42.6 Å². The third-order valence-corrected chi connectivity index (χ3v) is 6.89. The fourth-order valence-corrected chi connectivity index (χ4v) is 4.52. The maximum Gasteiger partial charge on any atom is 0.326 e. The van der Waals surface area contributed by atoms with Crippen molar-refractivity contribution in [2.75, 3.05) is 25.2 Å². The summed E-state index contributed by atoms with van der Waals surface area (Å²) in [6.45, 7) is 2.56. The van der Waals surface area contributed by atoms with Crippen molar-refractivity contribution >= 4 is 47.6 Å². The number of amides is 2. The van der Waals surface area contributed by atoms with Crippen molar-refractivity contribution in [3.63, 3.8) is 0 Å². The highest BCUT2D eigenvalue weighted by atomic mass is 35.5. The first kappa shape index (κ1) is 25.9. The molecule has 188 valence electrons. The van der Waals surface area contributed by atoms with E-state index in [1.807, 2.05) is 6.07 Å². The number of ether oxygens (including phenoxy) is 1. The van der Waals surface area contributed by atoms with Crippen molar-refractivity contribution < 1.29 is 19.1 Å². The number of carbonyl (C=O) groups is 3. The van der Waals surface area contributed by atoms with Crippen LogP contribution in [0.5, 0.6) is 0 Å². The van der Waals surface area contributed by atoms with Crippen molar-refractivity contribution in [1.29, 1.82) is 0 Å². The topological polar surface area (TPSA) is 84.7 Å². The number of likely N-dealkylation sites (N-methyl/N-ethyl adjacent to an activating group) is 1. The van der Waals surface area contributed by atoms with E-state index in [1.54, 1.807) is 61.0 Å². The van der Waals surface area contributed by atoms with E-state index in [4.69, 9.17) is 32.9 Å². The van der Waals surface area contributed by atoms with Gasteiger partial charge >= 0.3 is 6.03 Å². The molecule has 2 heterocycles. The zero-order chi connectivity index (χ0) is 25.8. The number of imidazole rings is 1. The Labute approximate surface area is 219 Å². The summed E-state index contributed by atoms with van der Waals surface area (Å²) in [6, 6.07) is 12.7. The third kappa shape index (κ3) is 5.02. The summed E-state index contributed by atoms with van der Waals surface area (Å²) >= 11 is 12.7. The Morgan fingerprint density at radius 1 is 1.11 bits per heavy atom. The average Bonchev–Trinajstić information content (AvgIpc) is 3.27. The maximum atomic E-state index is 13.8. The zero-order valence-corrected chi connectivity index (χ0v) is 21.4. The van der Waals surface area contributed by atoms with Gasteiger partial charge in [0.25, 0.3) is 0 Å². The molecule has 3 aromatic rings. The number of halogens is 2. The van der Waals surface area contributed by atoms with Crippen molar-refractivity contribution in [2.24, 2.45) is 0 Å². The van der Waals surface area contributed by atoms with Gasteiger partial charge in [-0.2, -0.15) is 0 Å². The number of carbonyl (C=O) groups excluding carboxylic acids is 3. The smallest absolute Gasteiger partial charge is 0.326 e. The number of aldehydes is 2. The first-order valence-corrected chi connectivity index (χ1v) is 12.3. The summed E-state index contributed by atoms with van der Waals surface area (Å²) in [4.78, 5) is 45.6. The highest BCUT2D eigenvalue weighted by molar-refractivity contribution is 6.33. The van der Waals surface area contributed by atoms with Gasteiger partial charge in [-0.05, 0) is 56.2 Å². The van der Waals surface area contributed by atoms with Crippen molar-refractivity contribution in [3.05, 3.63) is 64.3 Å². The number of rotatable bonds is 7. The number of nitrogens with zero attached hydrogens (tertiary/aromatic N) is 4. The molecule has 1 aliphatic rings. The Balaban J connectivity index is 1.98. The molecule has 1 aromatic heterocycles. The van der Waals surface area contributed by atoms with Gasteiger partial charge in [0.15, 0.2) is 12.1 Å². The lowest BCUT2D eigenvalue weighted by Crippen LogP contribution is -2.52. The Hall–Kier alpha value is -3.20. The maximum absolute atomic E-state index is 13.8. The van der Waals surface area contributed by atoms with Gasteiger partial charge in [-0.1, -0.05) is 35.3 Å². The predicted octanol–water partition coefficient (Wildman–Crippen LogP) is 5.28. The summed E-state index contributed by atoms with van der Waals surface area (Å²) in [5.74, 6) is 0.590. The molecule has 1 fully saturated rings. The molecular formula is C26H26Cl2N4O4. The van der Waals surface area contributed by atoms with Crippen molar-refractivity contribution in [3.8, 4) is 17.1 Å². The monoisotopic (exact) mass is 528 g/mol. The highest BCUT2D eigenvalue weighted by Gasteiger charge is 2.36. The summed E-state index contributed by atoms with van der Waals surface area (Å²) in [6.07, 6.45) is 2.49. The molecule has 36 heavy (non-hydrogen) atoms. The molecule has 10 heteroatoms. The molecule has 1 saturated heterocycles. The van der Waals surface area contributed by atoms with Crippen LogP contribution in [0, 0.1) is 0 Å². The van der Waals surface area contributed by atoms with E-state index in [-0.39, 0.29) is 17.6 Å². The molecule has 0 radical (unpaired) electrons. The number of anilines is 1. The highest BCUT2D eigenvalue weighted by Crippen LogP contribution is 2.36. The average molecular weight is 529 g/mol. The molecule has 0 saturated carbocycles. The molecule has 1 atom stereocenters. The van der Waals surface area contributed by atoms with Crippen LogP contribution in [-0.4, -0.2) is 65.4 Å². The minimum Gasteiger partial charge on any atom is -0.381 e. The molecular weight excluding hydrogens is 503 g/mol. The number of hydrogen-bond acceptors (Lipinski definition) is 5. The van der Waals surface area contributed by atoms with Crippen LogP contribution >= 0.6 is 23.2 Å². The lowest BCUT2D eigenvalue weighted by molar-refractivity contribution is -0.110. The van der Waals surface area contributed by atoms with Crippen LogP contribution in [0.1, 0.15) is 30.3 Å². The van der Waals surface area contributed by atoms with Gasteiger partial charge in [-0.15, -0.1) is 0 Å². The molecule has 0 N–H and O–H groups in total. The second-order valence-corrected chi connectivity index (χ2v) is 9.38. The van der Waals surface area contributed by atoms with E-state index in [9.17, 15) is 14.4 Å². The molecule has 4 rings (SSSR count). The molecule has 0 bridgehead atoms. The van der Waals surface area contributed by atoms with Crippen LogP contribution in [0.3, 0.4) is 0 Å². The van der Waals surface area contributed by atoms with E-state index in [2.05, 4.69) is 0 Å². The van der Waals surface area contributed by atoms with E-state index >= 15 is 0 Å². The van der Waals surface area contributed by atoms with Crippen LogP contribution in [0.2, 0.25) is 10.0 Å². The van der Waals surface area contributed by atoms with Crippen LogP contribution < -0.4 is 4.90 Å². The molecule has 8 nitrogen and oxygen atoms in total. The second-order valence-electron chi connectivity index (χ2n) is 8.54. The van der Waals surface area contributed by atoms with Gasteiger partial charge < -0.3 is 14.4 Å². The fourth-order valence-electron chi connectivity index (χ4n) is 4.18. The molecule has 1 aliphatic heterocycles. The fraction of sp³-hybridized carbons (Fsp3) is 0.308. The minimum atomic E-state index is -0.666. The molecule has 2 aromatic carbocycles. The van der Waals surface area contributed by atoms with Crippen LogP contribution in [-0.2, 0) is 9.53 Å². The van der Waals surface area contributed by atoms with E-state index in [1.165, 1.54) is 9.80 Å². The molecule has 1 unspecified atom stereocenters. The SMILES string of the molecule is CC(C=O)N(C)C(=O)N(c1nc(-c2ccccc2Cl)n(-c2ccc(Cl)cc2)c1C=O)C1CCOCC1. The first-order valence-electron chi connectivity index (χ1n) is 11.5. The largest absolute Gasteiger partial charge is 0.381 e. The summed E-state index contributed by atoms with van der Waals surface area (Å²) in [7, 11) is 1.56. The normalized spacial score (nSPS) is 14.8. The Morgan fingerprint density at radius 2 is 1.78 bits per heavy atom. The molecule has 2 amide bonds. The second kappa shape index (κ2) is 11.2. The zero-order valence-electron chi connectivity index (χ0n) is 19.9. The van der Waals surface area contributed by atoms with E-state index < -0.39 is 12.1 Å². The van der Waals surface area contributed by atoms with Crippen LogP contribution in [0.25, 0.3) is 17.1 Å². The lowest BCUT2D eigenvalue weighted by Gasteiger charge is -2.36. The Bertz CT molecular complexity index is 1260. The van der Waals surface area contributed by atoms with Gasteiger partial charge in [0.2, 0.25) is 0 Å². The molecule has 0 spiro atoms. The van der Waals surface area contributed by atoms with Crippen LogP contribution in [0.15, 0.2) is 48.5 Å². The number of urea groups is 1. The lowest BCUT2D eigenvalue weighted by atomic mass is 10.1. The summed E-state index contributed by atoms with van der Waals surface area (Å²) in [5, 5.41) is 0.979. The Morgan fingerprint density at radius 3 is 2.39 bits per heavy atom. The van der Waals surface area contributed by atoms with E-state index in [0.717, 1.165) is 0 Å². The predicted molar refractivity (Wildman–Crippen MR) is 139 cm³/mol. The standard InChI is InChI=1S/C26H26Cl2N4O4/c1-17(15-33)30(2)26(35)32(20-11-13-36-14-12-20)25-23(16-34)31(19-9-7-18(27)8-10-19)24(29-25)21-5-3-4-6-22(21)28/h3-10,15-17,20H,11-14H2,1-2H3. The number of hydrogen-bond donors (Lipinski definition) is 0. The Kier molecular flexibility index (Phi) is 8.08. The van der Waals surface area contributed by atoms with Crippen molar-refractivity contribution in [1.82, 2.24) is 14.5 Å². The quantitative estimate of drug-likeness (QED) is 0.389. The van der Waals surface area contributed by atoms with Gasteiger partial charge in [-0.3, -0.25) is 14.3 Å². The van der Waals surface area contributed by atoms with Gasteiger partial charge in [0.05, 0.1) is 11.1 Å². The molecule has 0 aliphatic carbocycles. The summed E-state index contributed by atoms with van der Waals surface area (Å²) in [5.41, 5.74) is 1.40. The van der Waals surface area contributed by atoms with Gasteiger partial charge in [-0.25, -0.2) is 9.78 Å². The van der Waals surface area contributed by atoms with E-state index in [0.29, 0.717) is 65.7 Å². The van der Waals surface area contributed by atoms with Gasteiger partial charge in [0.1, 0.15) is 17.8 Å². The number of aromatic nitrogens is 2.